The molecule has 0 fully saturated rings. The Morgan fingerprint density at radius 1 is 1.15 bits per heavy atom. The number of fused-ring (bicyclic) bond motifs is 1. The van der Waals surface area contributed by atoms with Gasteiger partial charge in [-0.1, -0.05) is 49.3 Å². The molecule has 1 N–H and O–H groups in total. The van der Waals surface area contributed by atoms with Gasteiger partial charge in [-0.05, 0) is 36.6 Å². The zero-order valence-corrected chi connectivity index (χ0v) is 15.6. The maximum absolute atomic E-state index is 10.5. The molecule has 0 bridgehead atoms. The van der Waals surface area contributed by atoms with E-state index in [2.05, 4.69) is 31.8 Å². The first-order valence-electron chi connectivity index (χ1n) is 9.01. The van der Waals surface area contributed by atoms with Gasteiger partial charge in [0, 0.05) is 12.1 Å². The second-order valence-corrected chi connectivity index (χ2v) is 7.29. The molecule has 0 aliphatic rings. The van der Waals surface area contributed by atoms with Crippen molar-refractivity contribution in [3.8, 4) is 11.4 Å². The molecule has 2 aromatic carbocycles. The largest absolute Gasteiger partial charge is 0.380 e. The van der Waals surface area contributed by atoms with Crippen LogP contribution in [0.1, 0.15) is 32.2 Å². The van der Waals surface area contributed by atoms with Gasteiger partial charge in [0.05, 0.1) is 17.4 Å². The van der Waals surface area contributed by atoms with E-state index in [0.29, 0.717) is 12.4 Å². The number of nitrogens with zero attached hydrogens (tertiary/aromatic N) is 4. The van der Waals surface area contributed by atoms with Crippen LogP contribution < -0.4 is 0 Å². The number of imidazole rings is 1. The van der Waals surface area contributed by atoms with E-state index >= 15 is 0 Å². The summed E-state index contributed by atoms with van der Waals surface area (Å²) in [5.74, 6) is 0.674. The van der Waals surface area contributed by atoms with Crippen LogP contribution in [-0.4, -0.2) is 24.8 Å². The van der Waals surface area contributed by atoms with Crippen LogP contribution >= 0.6 is 0 Å². The average molecular weight is 362 g/mol. The highest BCUT2D eigenvalue weighted by Gasteiger charge is 2.33. The van der Waals surface area contributed by atoms with E-state index in [1.54, 1.807) is 6.92 Å². The Morgan fingerprint density at radius 2 is 1.96 bits per heavy atom. The fourth-order valence-electron chi connectivity index (χ4n) is 2.94. The Balaban J connectivity index is 1.63. The first-order valence-corrected chi connectivity index (χ1v) is 9.01. The summed E-state index contributed by atoms with van der Waals surface area (Å²) < 4.78 is 7.43. The highest BCUT2D eigenvalue weighted by molar-refractivity contribution is 5.75. The van der Waals surface area contributed by atoms with E-state index in [4.69, 9.17) is 4.52 Å². The highest BCUT2D eigenvalue weighted by Crippen LogP contribution is 2.29. The molecule has 2 heterocycles. The van der Waals surface area contributed by atoms with Gasteiger partial charge in [-0.15, -0.1) is 0 Å². The Kier molecular flexibility index (Phi) is 4.28. The molecule has 1 atom stereocenters. The summed E-state index contributed by atoms with van der Waals surface area (Å²) in [7, 11) is 0. The van der Waals surface area contributed by atoms with Crippen molar-refractivity contribution in [3.05, 3.63) is 66.3 Å². The standard InChI is InChI=1S/C21H22N4O2/c1-14(2)21(3,26)20-23-19(24-27-20)16-8-6-7-15(11-16)12-25-13-22-17-9-4-5-10-18(17)25/h4-11,13-14,26H,12H2,1-3H3/t21-/m1/s1. The molecule has 0 spiro atoms. The predicted octanol–water partition coefficient (Wildman–Crippen LogP) is 4.00. The van der Waals surface area contributed by atoms with Crippen LogP contribution in [0, 0.1) is 5.92 Å². The SMILES string of the molecule is CC(C)[C@@](C)(O)c1nc(-c2cccc(Cn3cnc4ccccc43)c2)no1. The van der Waals surface area contributed by atoms with E-state index in [-0.39, 0.29) is 11.8 Å². The summed E-state index contributed by atoms with van der Waals surface area (Å²) in [5.41, 5.74) is 2.88. The fourth-order valence-corrected chi connectivity index (χ4v) is 2.94. The predicted molar refractivity (Wildman–Crippen MR) is 103 cm³/mol. The van der Waals surface area contributed by atoms with Gasteiger partial charge >= 0.3 is 0 Å². The Bertz CT molecular complexity index is 1080. The van der Waals surface area contributed by atoms with E-state index in [9.17, 15) is 5.11 Å². The average Bonchev–Trinajstić information content (AvgIpc) is 3.30. The minimum Gasteiger partial charge on any atom is -0.380 e. The topological polar surface area (TPSA) is 77.0 Å². The summed E-state index contributed by atoms with van der Waals surface area (Å²) in [4.78, 5) is 8.85. The van der Waals surface area contributed by atoms with Gasteiger partial charge in [-0.2, -0.15) is 4.98 Å². The zero-order valence-electron chi connectivity index (χ0n) is 15.6. The minimum absolute atomic E-state index is 0.0355. The van der Waals surface area contributed by atoms with Crippen LogP contribution in [0.25, 0.3) is 22.4 Å². The third kappa shape index (κ3) is 3.24. The number of para-hydroxylation sites is 2. The molecule has 4 rings (SSSR count). The van der Waals surface area contributed by atoms with E-state index in [0.717, 1.165) is 22.2 Å². The molecule has 0 saturated carbocycles. The summed E-state index contributed by atoms with van der Waals surface area (Å²) in [5, 5.41) is 14.6. The van der Waals surface area contributed by atoms with Gasteiger partial charge in [0.1, 0.15) is 5.60 Å². The molecule has 0 aliphatic heterocycles. The van der Waals surface area contributed by atoms with Crippen molar-refractivity contribution < 1.29 is 9.63 Å². The van der Waals surface area contributed by atoms with Gasteiger partial charge in [-0.25, -0.2) is 4.98 Å². The minimum atomic E-state index is -1.15. The third-order valence-electron chi connectivity index (χ3n) is 5.05. The summed E-state index contributed by atoms with van der Waals surface area (Å²) in [6.45, 7) is 6.22. The van der Waals surface area contributed by atoms with E-state index in [1.807, 2.05) is 56.6 Å². The first-order chi connectivity index (χ1) is 12.9. The van der Waals surface area contributed by atoms with E-state index in [1.165, 1.54) is 0 Å². The number of rotatable bonds is 5. The Hall–Kier alpha value is -2.99. The molecule has 138 valence electrons. The summed E-state index contributed by atoms with van der Waals surface area (Å²) in [6, 6.07) is 16.1. The second-order valence-electron chi connectivity index (χ2n) is 7.29. The molecular weight excluding hydrogens is 340 g/mol. The monoisotopic (exact) mass is 362 g/mol. The lowest BCUT2D eigenvalue weighted by Crippen LogP contribution is -2.28. The number of benzene rings is 2. The van der Waals surface area contributed by atoms with Gasteiger partial charge in [-0.3, -0.25) is 0 Å². The van der Waals surface area contributed by atoms with Crippen molar-refractivity contribution >= 4 is 11.0 Å². The molecule has 0 amide bonds. The second kappa shape index (κ2) is 6.63. The highest BCUT2D eigenvalue weighted by atomic mass is 16.5. The van der Waals surface area contributed by atoms with Crippen molar-refractivity contribution in [1.29, 1.82) is 0 Å². The first kappa shape index (κ1) is 17.4. The molecule has 0 unspecified atom stereocenters. The van der Waals surface area contributed by atoms with Crippen molar-refractivity contribution in [2.45, 2.75) is 32.9 Å². The molecule has 6 heteroatoms. The van der Waals surface area contributed by atoms with E-state index < -0.39 is 5.60 Å². The lowest BCUT2D eigenvalue weighted by atomic mass is 9.92. The molecule has 0 aliphatic carbocycles. The summed E-state index contributed by atoms with van der Waals surface area (Å²) >= 11 is 0. The lowest BCUT2D eigenvalue weighted by molar-refractivity contribution is -0.0205. The lowest BCUT2D eigenvalue weighted by Gasteiger charge is -2.22. The van der Waals surface area contributed by atoms with Crippen LogP contribution in [0.5, 0.6) is 0 Å². The van der Waals surface area contributed by atoms with Crippen molar-refractivity contribution in [1.82, 2.24) is 19.7 Å². The van der Waals surface area contributed by atoms with Crippen molar-refractivity contribution in [2.24, 2.45) is 5.92 Å². The van der Waals surface area contributed by atoms with Crippen LogP contribution in [-0.2, 0) is 12.1 Å². The molecule has 0 saturated heterocycles. The Labute approximate surface area is 157 Å². The molecule has 0 radical (unpaired) electrons. The van der Waals surface area contributed by atoms with Crippen LogP contribution in [0.3, 0.4) is 0 Å². The van der Waals surface area contributed by atoms with Crippen molar-refractivity contribution in [2.75, 3.05) is 0 Å². The number of aliphatic hydroxyl groups is 1. The number of hydrogen-bond donors (Lipinski definition) is 1. The smallest absolute Gasteiger partial charge is 0.258 e. The normalized spacial score (nSPS) is 14.0. The quantitative estimate of drug-likeness (QED) is 0.581. The van der Waals surface area contributed by atoms with Gasteiger partial charge < -0.3 is 14.2 Å². The zero-order chi connectivity index (χ0) is 19.0. The number of hydrogen-bond acceptors (Lipinski definition) is 5. The summed E-state index contributed by atoms with van der Waals surface area (Å²) in [6.07, 6.45) is 1.85. The van der Waals surface area contributed by atoms with Crippen molar-refractivity contribution in [3.63, 3.8) is 0 Å². The van der Waals surface area contributed by atoms with Crippen LogP contribution in [0.15, 0.2) is 59.4 Å². The third-order valence-corrected chi connectivity index (χ3v) is 5.05. The van der Waals surface area contributed by atoms with Gasteiger partial charge in [0.25, 0.3) is 5.89 Å². The van der Waals surface area contributed by atoms with Crippen LogP contribution in [0.2, 0.25) is 0 Å². The van der Waals surface area contributed by atoms with Gasteiger partial charge in [0.2, 0.25) is 5.82 Å². The Morgan fingerprint density at radius 3 is 2.78 bits per heavy atom. The van der Waals surface area contributed by atoms with Gasteiger partial charge in [0.15, 0.2) is 0 Å². The number of aromatic nitrogens is 4. The maximum Gasteiger partial charge on any atom is 0.258 e. The maximum atomic E-state index is 10.5. The molecule has 6 nitrogen and oxygen atoms in total. The molecular formula is C21H22N4O2. The molecule has 27 heavy (non-hydrogen) atoms. The molecule has 2 aromatic heterocycles. The fraction of sp³-hybridized carbons (Fsp3) is 0.286. The molecule has 4 aromatic rings. The van der Waals surface area contributed by atoms with Crippen LogP contribution in [0.4, 0.5) is 0 Å².